The van der Waals surface area contributed by atoms with Crippen molar-refractivity contribution in [3.8, 4) is 0 Å². The average Bonchev–Trinajstić information content (AvgIpc) is 2.49. The predicted octanol–water partition coefficient (Wildman–Crippen LogP) is 1.57. The summed E-state index contributed by atoms with van der Waals surface area (Å²) in [6.45, 7) is 3.29. The smallest absolute Gasteiger partial charge is 0.303 e. The van der Waals surface area contributed by atoms with Gasteiger partial charge in [-0.25, -0.2) is 0 Å². The topological polar surface area (TPSA) is 60.9 Å². The number of likely N-dealkylation sites (tertiary alicyclic amines) is 1. The van der Waals surface area contributed by atoms with Gasteiger partial charge in [-0.3, -0.25) is 14.5 Å². The summed E-state index contributed by atoms with van der Waals surface area (Å²) in [6, 6.07) is 0.891. The monoisotopic (exact) mass is 294 g/mol. The number of piperidine rings is 3. The fraction of sp³-hybridized carbons (Fsp3) is 0.875. The average molecular weight is 294 g/mol. The lowest BCUT2D eigenvalue weighted by Gasteiger charge is -2.57. The fourth-order valence-corrected chi connectivity index (χ4v) is 4.99. The van der Waals surface area contributed by atoms with Gasteiger partial charge in [-0.1, -0.05) is 0 Å². The van der Waals surface area contributed by atoms with Crippen LogP contribution in [0.25, 0.3) is 0 Å². The van der Waals surface area contributed by atoms with Crippen molar-refractivity contribution in [3.05, 3.63) is 0 Å². The molecule has 0 aromatic carbocycles. The molecule has 118 valence electrons. The molecular weight excluding hydrogens is 268 g/mol. The fourth-order valence-electron chi connectivity index (χ4n) is 4.99. The molecule has 0 saturated carbocycles. The second-order valence-corrected chi connectivity index (χ2v) is 6.89. The SMILES string of the molecule is O=CN1C[C@@H]2CCCN3CCC[C@H](C1CCCC(=O)O)[C@H]23. The maximum atomic E-state index is 11.5. The maximum Gasteiger partial charge on any atom is 0.303 e. The van der Waals surface area contributed by atoms with E-state index in [-0.39, 0.29) is 12.5 Å². The van der Waals surface area contributed by atoms with Crippen molar-refractivity contribution < 1.29 is 14.7 Å². The van der Waals surface area contributed by atoms with Gasteiger partial charge in [0.15, 0.2) is 0 Å². The minimum Gasteiger partial charge on any atom is -0.481 e. The number of carbonyl (C=O) groups is 2. The van der Waals surface area contributed by atoms with Crippen LogP contribution in [0.3, 0.4) is 0 Å². The van der Waals surface area contributed by atoms with Gasteiger partial charge in [-0.05, 0) is 63.5 Å². The lowest BCUT2D eigenvalue weighted by Crippen LogP contribution is -2.64. The molecule has 0 bridgehead atoms. The first-order valence-electron chi connectivity index (χ1n) is 8.37. The van der Waals surface area contributed by atoms with Crippen LogP contribution in [0.2, 0.25) is 0 Å². The van der Waals surface area contributed by atoms with Gasteiger partial charge in [0.25, 0.3) is 0 Å². The lowest BCUT2D eigenvalue weighted by atomic mass is 9.69. The largest absolute Gasteiger partial charge is 0.481 e. The Hall–Kier alpha value is -1.10. The molecule has 5 nitrogen and oxygen atoms in total. The molecule has 3 fully saturated rings. The molecule has 1 unspecified atom stereocenters. The van der Waals surface area contributed by atoms with Gasteiger partial charge in [0.1, 0.15) is 0 Å². The Morgan fingerprint density at radius 3 is 2.71 bits per heavy atom. The number of carboxylic acids is 1. The summed E-state index contributed by atoms with van der Waals surface area (Å²) in [4.78, 5) is 26.9. The molecule has 3 aliphatic rings. The van der Waals surface area contributed by atoms with Crippen LogP contribution in [0, 0.1) is 11.8 Å². The van der Waals surface area contributed by atoms with Crippen LogP contribution in [0.15, 0.2) is 0 Å². The molecule has 0 aliphatic carbocycles. The van der Waals surface area contributed by atoms with Gasteiger partial charge >= 0.3 is 5.97 Å². The van der Waals surface area contributed by atoms with E-state index in [1.54, 1.807) is 0 Å². The van der Waals surface area contributed by atoms with E-state index in [2.05, 4.69) is 4.90 Å². The van der Waals surface area contributed by atoms with E-state index in [4.69, 9.17) is 5.11 Å². The third-order valence-electron chi connectivity index (χ3n) is 5.74. The normalized spacial score (nSPS) is 36.1. The van der Waals surface area contributed by atoms with E-state index >= 15 is 0 Å². The van der Waals surface area contributed by atoms with E-state index in [1.165, 1.54) is 38.8 Å². The molecule has 4 atom stereocenters. The summed E-state index contributed by atoms with van der Waals surface area (Å²) in [7, 11) is 0. The van der Waals surface area contributed by atoms with E-state index in [0.29, 0.717) is 24.3 Å². The maximum absolute atomic E-state index is 11.5. The first kappa shape index (κ1) is 14.8. The molecule has 5 heteroatoms. The van der Waals surface area contributed by atoms with Gasteiger partial charge in [0, 0.05) is 25.0 Å². The van der Waals surface area contributed by atoms with Crippen molar-refractivity contribution in [1.82, 2.24) is 9.80 Å². The summed E-state index contributed by atoms with van der Waals surface area (Å²) in [5.41, 5.74) is 0. The number of hydrogen-bond donors (Lipinski definition) is 1. The van der Waals surface area contributed by atoms with Crippen LogP contribution in [0.5, 0.6) is 0 Å². The highest BCUT2D eigenvalue weighted by atomic mass is 16.4. The van der Waals surface area contributed by atoms with Gasteiger partial charge in [0.05, 0.1) is 0 Å². The predicted molar refractivity (Wildman–Crippen MR) is 78.9 cm³/mol. The van der Waals surface area contributed by atoms with Crippen LogP contribution >= 0.6 is 0 Å². The molecule has 0 radical (unpaired) electrons. The summed E-state index contributed by atoms with van der Waals surface area (Å²) >= 11 is 0. The highest BCUT2D eigenvalue weighted by Crippen LogP contribution is 2.42. The number of carbonyl (C=O) groups excluding carboxylic acids is 1. The highest BCUT2D eigenvalue weighted by Gasteiger charge is 2.47. The van der Waals surface area contributed by atoms with Crippen LogP contribution in [0.1, 0.15) is 44.9 Å². The van der Waals surface area contributed by atoms with Crippen molar-refractivity contribution in [3.63, 3.8) is 0 Å². The van der Waals surface area contributed by atoms with Crippen LogP contribution < -0.4 is 0 Å². The minimum atomic E-state index is -0.732. The van der Waals surface area contributed by atoms with Crippen LogP contribution in [-0.4, -0.2) is 59.0 Å². The van der Waals surface area contributed by atoms with Crippen molar-refractivity contribution >= 4 is 12.4 Å². The molecule has 3 aliphatic heterocycles. The zero-order valence-corrected chi connectivity index (χ0v) is 12.6. The molecule has 3 saturated heterocycles. The van der Waals surface area contributed by atoms with Gasteiger partial charge in [-0.15, -0.1) is 0 Å². The van der Waals surface area contributed by atoms with Crippen molar-refractivity contribution in [2.45, 2.75) is 57.0 Å². The van der Waals surface area contributed by atoms with E-state index in [0.717, 1.165) is 19.4 Å². The molecule has 0 aromatic heterocycles. The third-order valence-corrected chi connectivity index (χ3v) is 5.74. The first-order chi connectivity index (χ1) is 10.2. The molecular formula is C16H26N2O3. The summed E-state index contributed by atoms with van der Waals surface area (Å²) in [5.74, 6) is 0.450. The molecule has 21 heavy (non-hydrogen) atoms. The summed E-state index contributed by atoms with van der Waals surface area (Å²) < 4.78 is 0. The van der Waals surface area contributed by atoms with Crippen molar-refractivity contribution in [2.24, 2.45) is 11.8 Å². The van der Waals surface area contributed by atoms with Crippen molar-refractivity contribution in [2.75, 3.05) is 19.6 Å². The van der Waals surface area contributed by atoms with Gasteiger partial charge in [0.2, 0.25) is 6.41 Å². The first-order valence-corrected chi connectivity index (χ1v) is 8.37. The van der Waals surface area contributed by atoms with Crippen molar-refractivity contribution in [1.29, 1.82) is 0 Å². The zero-order valence-electron chi connectivity index (χ0n) is 12.6. The van der Waals surface area contributed by atoms with E-state index < -0.39 is 5.97 Å². The Morgan fingerprint density at radius 1 is 1.24 bits per heavy atom. The third kappa shape index (κ3) is 2.93. The highest BCUT2D eigenvalue weighted by molar-refractivity contribution is 5.66. The number of amides is 1. The molecule has 3 heterocycles. The number of aliphatic carboxylic acids is 1. The van der Waals surface area contributed by atoms with E-state index in [9.17, 15) is 9.59 Å². The second-order valence-electron chi connectivity index (χ2n) is 6.89. The lowest BCUT2D eigenvalue weighted by molar-refractivity contribution is -0.137. The molecule has 0 aromatic rings. The molecule has 3 rings (SSSR count). The standard InChI is InChI=1S/C16H26N2O3/c19-11-18-10-12-4-2-8-17-9-3-5-13(16(12)17)14(18)6-1-7-15(20)21/h11-14,16H,1-10H2,(H,20,21)/t12-,13+,14?,16-/m0/s1. The van der Waals surface area contributed by atoms with Gasteiger partial charge in [-0.2, -0.15) is 0 Å². The van der Waals surface area contributed by atoms with Crippen LogP contribution in [0.4, 0.5) is 0 Å². The summed E-state index contributed by atoms with van der Waals surface area (Å²) in [5, 5.41) is 8.84. The zero-order chi connectivity index (χ0) is 14.8. The van der Waals surface area contributed by atoms with E-state index in [1.807, 2.05) is 4.90 Å². The molecule has 1 N–H and O–H groups in total. The van der Waals surface area contributed by atoms with Crippen LogP contribution in [-0.2, 0) is 9.59 Å². The molecule has 1 amide bonds. The Kier molecular flexibility index (Phi) is 4.48. The number of rotatable bonds is 5. The number of carboxylic acid groups (broad SMARTS) is 1. The quantitative estimate of drug-likeness (QED) is 0.782. The Balaban J connectivity index is 1.73. The number of hydrogen-bond acceptors (Lipinski definition) is 3. The van der Waals surface area contributed by atoms with Gasteiger partial charge < -0.3 is 10.0 Å². The Morgan fingerprint density at radius 2 is 2.00 bits per heavy atom. The number of nitrogens with zero attached hydrogens (tertiary/aromatic N) is 2. The minimum absolute atomic E-state index is 0.216. The Labute approximate surface area is 126 Å². The second kappa shape index (κ2) is 6.34. The molecule has 0 spiro atoms. The Bertz CT molecular complexity index is 399. The summed E-state index contributed by atoms with van der Waals surface area (Å²) in [6.07, 6.45) is 7.65.